The molecule has 0 saturated heterocycles. The van der Waals surface area contributed by atoms with E-state index in [9.17, 15) is 14.2 Å². The maximum absolute atomic E-state index is 12.0. The van der Waals surface area contributed by atoms with Gasteiger partial charge in [-0.05, 0) is 34.1 Å². The van der Waals surface area contributed by atoms with Crippen LogP contribution in [0.3, 0.4) is 0 Å². The summed E-state index contributed by atoms with van der Waals surface area (Å²) >= 11 is 0. The van der Waals surface area contributed by atoms with Crippen LogP contribution in [-0.2, 0) is 23.4 Å². The van der Waals surface area contributed by atoms with Crippen molar-refractivity contribution in [1.29, 1.82) is 0 Å². The van der Waals surface area contributed by atoms with Gasteiger partial charge >= 0.3 is 12.1 Å². The van der Waals surface area contributed by atoms with E-state index in [0.717, 1.165) is 0 Å². The maximum atomic E-state index is 12.0. The zero-order chi connectivity index (χ0) is 16.5. The fourth-order valence-electron chi connectivity index (χ4n) is 1.58. The van der Waals surface area contributed by atoms with E-state index in [1.165, 1.54) is 6.66 Å². The number of amides is 1. The summed E-state index contributed by atoms with van der Waals surface area (Å²) in [6.07, 6.45) is -0.662. The molecule has 0 rings (SSSR count). The van der Waals surface area contributed by atoms with Gasteiger partial charge in [0.1, 0.15) is 6.04 Å². The molecule has 0 aliphatic heterocycles. The molecule has 0 fully saturated rings. The van der Waals surface area contributed by atoms with Crippen molar-refractivity contribution in [3.63, 3.8) is 0 Å². The van der Waals surface area contributed by atoms with E-state index in [2.05, 4.69) is 5.32 Å². The smallest absolute Gasteiger partial charge is 0.408 e. The van der Waals surface area contributed by atoms with E-state index in [-0.39, 0.29) is 25.3 Å². The third-order valence-electron chi connectivity index (χ3n) is 2.43. The molecular weight excluding hydrogens is 297 g/mol. The summed E-state index contributed by atoms with van der Waals surface area (Å²) < 4.78 is 27.0. The molecule has 8 heteroatoms. The van der Waals surface area contributed by atoms with Gasteiger partial charge in [0, 0.05) is 12.8 Å². The number of alkyl carbamates (subject to hydrolysis) is 1. The lowest BCUT2D eigenvalue weighted by molar-refractivity contribution is -0.145. The number of carbonyl (C=O) groups excluding carboxylic acids is 2. The number of carbonyl (C=O) groups is 2. The summed E-state index contributed by atoms with van der Waals surface area (Å²) in [5, 5.41) is 2.44. The molecule has 0 aliphatic rings. The number of hydrogen-bond donors (Lipinski definition) is 1. The highest BCUT2D eigenvalue weighted by Crippen LogP contribution is 2.43. The first-order chi connectivity index (χ1) is 9.71. The Morgan fingerprint density at radius 2 is 1.81 bits per heavy atom. The second-order valence-corrected chi connectivity index (χ2v) is 7.58. The molecule has 0 bridgehead atoms. The molecule has 1 N–H and O–H groups in total. The Morgan fingerprint density at radius 1 is 1.19 bits per heavy atom. The lowest BCUT2D eigenvalue weighted by Gasteiger charge is -2.20. The molecule has 0 aliphatic carbocycles. The molecule has 21 heavy (non-hydrogen) atoms. The van der Waals surface area contributed by atoms with Crippen LogP contribution in [0.1, 0.15) is 34.1 Å². The number of ether oxygens (including phenoxy) is 2. The highest BCUT2D eigenvalue weighted by Gasteiger charge is 2.26. The van der Waals surface area contributed by atoms with Crippen LogP contribution in [0.2, 0.25) is 0 Å². The fourth-order valence-corrected chi connectivity index (χ4v) is 2.99. The monoisotopic (exact) mass is 323 g/mol. The first-order valence-electron chi connectivity index (χ1n) is 7.06. The van der Waals surface area contributed by atoms with Gasteiger partial charge < -0.3 is 19.3 Å². The van der Waals surface area contributed by atoms with Crippen molar-refractivity contribution >= 4 is 19.4 Å². The average molecular weight is 323 g/mol. The zero-order valence-electron chi connectivity index (χ0n) is 13.4. The lowest BCUT2D eigenvalue weighted by Crippen LogP contribution is -2.43. The molecule has 2 atom stereocenters. The van der Waals surface area contributed by atoms with Crippen LogP contribution in [-0.4, -0.2) is 50.2 Å². The minimum absolute atomic E-state index is 0.166. The van der Waals surface area contributed by atoms with E-state index >= 15 is 0 Å². The second-order valence-electron chi connectivity index (χ2n) is 4.85. The van der Waals surface area contributed by atoms with Crippen molar-refractivity contribution in [2.24, 2.45) is 0 Å². The van der Waals surface area contributed by atoms with Crippen LogP contribution in [0.25, 0.3) is 0 Å². The molecule has 0 heterocycles. The molecule has 0 aromatic carbocycles. The first-order valence-corrected chi connectivity index (χ1v) is 9.32. The zero-order valence-corrected chi connectivity index (χ0v) is 14.3. The van der Waals surface area contributed by atoms with Gasteiger partial charge in [-0.2, -0.15) is 0 Å². The highest BCUT2D eigenvalue weighted by atomic mass is 31.2. The van der Waals surface area contributed by atoms with Gasteiger partial charge in [0.05, 0.1) is 19.3 Å². The Labute approximate surface area is 126 Å². The van der Waals surface area contributed by atoms with Crippen LogP contribution in [0.15, 0.2) is 0 Å². The fraction of sp³-hybridized carbons (Fsp3) is 0.846. The molecule has 7 nitrogen and oxygen atoms in total. The largest absolute Gasteiger partial charge is 0.464 e. The van der Waals surface area contributed by atoms with Gasteiger partial charge in [-0.3, -0.25) is 4.57 Å². The number of nitrogens with one attached hydrogen (secondary N) is 1. The van der Waals surface area contributed by atoms with Crippen molar-refractivity contribution in [2.45, 2.75) is 46.3 Å². The topological polar surface area (TPSA) is 90.9 Å². The molecular formula is C13H26NO6P. The van der Waals surface area contributed by atoms with E-state index in [0.29, 0.717) is 6.61 Å². The summed E-state index contributed by atoms with van der Waals surface area (Å²) in [5.41, 5.74) is 0. The van der Waals surface area contributed by atoms with Crippen molar-refractivity contribution in [3.8, 4) is 0 Å². The lowest BCUT2D eigenvalue weighted by atomic mass is 10.2. The molecule has 124 valence electrons. The van der Waals surface area contributed by atoms with Crippen LogP contribution in [0, 0.1) is 0 Å². The Kier molecular flexibility index (Phi) is 9.29. The number of hydrogen-bond acceptors (Lipinski definition) is 6. The second kappa shape index (κ2) is 9.79. The van der Waals surface area contributed by atoms with E-state index < -0.39 is 25.5 Å². The Morgan fingerprint density at radius 3 is 2.29 bits per heavy atom. The number of esters is 1. The summed E-state index contributed by atoms with van der Waals surface area (Å²) in [4.78, 5) is 23.4. The highest BCUT2D eigenvalue weighted by molar-refractivity contribution is 7.58. The summed E-state index contributed by atoms with van der Waals surface area (Å²) in [7, 11) is -2.78. The molecule has 0 saturated carbocycles. The van der Waals surface area contributed by atoms with Crippen molar-refractivity contribution in [2.75, 3.05) is 26.0 Å². The standard InChI is InChI=1S/C13H26NO6P/c1-6-18-12(15)11(14-13(16)20-10(3)4)8-9-21(5,17)19-7-2/h10-11H,6-9H2,1-5H3,(H,14,16)/t11-,21?/m0/s1. The molecule has 1 amide bonds. The average Bonchev–Trinajstić information content (AvgIpc) is 2.33. The van der Waals surface area contributed by atoms with Gasteiger partial charge in [0.15, 0.2) is 7.37 Å². The predicted octanol–water partition coefficient (Wildman–Crippen LogP) is 2.39. The minimum Gasteiger partial charge on any atom is -0.464 e. The van der Waals surface area contributed by atoms with Crippen LogP contribution < -0.4 is 5.32 Å². The summed E-state index contributed by atoms with van der Waals surface area (Å²) in [6, 6.07) is -0.898. The third-order valence-corrected chi connectivity index (χ3v) is 4.31. The molecule has 0 aromatic rings. The minimum atomic E-state index is -2.78. The van der Waals surface area contributed by atoms with Crippen molar-refractivity contribution < 1.29 is 28.2 Å². The van der Waals surface area contributed by atoms with E-state index in [1.807, 2.05) is 0 Å². The van der Waals surface area contributed by atoms with Gasteiger partial charge in [-0.15, -0.1) is 0 Å². The third kappa shape index (κ3) is 9.47. The quantitative estimate of drug-likeness (QED) is 0.517. The van der Waals surface area contributed by atoms with Crippen LogP contribution in [0.5, 0.6) is 0 Å². The van der Waals surface area contributed by atoms with E-state index in [4.69, 9.17) is 14.0 Å². The molecule has 0 radical (unpaired) electrons. The van der Waals surface area contributed by atoms with Gasteiger partial charge in [-0.1, -0.05) is 0 Å². The van der Waals surface area contributed by atoms with Crippen molar-refractivity contribution in [3.05, 3.63) is 0 Å². The first kappa shape index (κ1) is 19.9. The van der Waals surface area contributed by atoms with Gasteiger partial charge in [0.2, 0.25) is 0 Å². The SMILES string of the molecule is CCOC(=O)[C@H](CCP(C)(=O)OCC)NC(=O)OC(C)C. The van der Waals surface area contributed by atoms with Crippen molar-refractivity contribution in [1.82, 2.24) is 5.32 Å². The Balaban J connectivity index is 4.64. The van der Waals surface area contributed by atoms with E-state index in [1.54, 1.807) is 27.7 Å². The Hall–Kier alpha value is -1.07. The van der Waals surface area contributed by atoms with Crippen LogP contribution in [0.4, 0.5) is 4.79 Å². The number of rotatable bonds is 9. The summed E-state index contributed by atoms with van der Waals surface area (Å²) in [6.45, 7) is 8.86. The van der Waals surface area contributed by atoms with Gasteiger partial charge in [0.25, 0.3) is 0 Å². The summed E-state index contributed by atoms with van der Waals surface area (Å²) in [5.74, 6) is -0.574. The predicted molar refractivity (Wildman–Crippen MR) is 79.8 cm³/mol. The normalized spacial score (nSPS) is 15.1. The van der Waals surface area contributed by atoms with Gasteiger partial charge in [-0.25, -0.2) is 9.59 Å². The molecule has 0 aromatic heterocycles. The molecule has 0 spiro atoms. The Bertz CT molecular complexity index is 385. The molecule has 1 unspecified atom stereocenters. The van der Waals surface area contributed by atoms with Crippen LogP contribution >= 0.6 is 7.37 Å². The maximum Gasteiger partial charge on any atom is 0.408 e.